The van der Waals surface area contributed by atoms with Crippen molar-refractivity contribution in [3.05, 3.63) is 59.2 Å². The van der Waals surface area contributed by atoms with E-state index in [1.165, 1.54) is 0 Å². The van der Waals surface area contributed by atoms with Crippen molar-refractivity contribution in [2.24, 2.45) is 0 Å². The third-order valence-corrected chi connectivity index (χ3v) is 3.14. The van der Waals surface area contributed by atoms with E-state index < -0.39 is 6.10 Å². The molecule has 2 aromatic rings. The molecule has 0 radical (unpaired) electrons. The van der Waals surface area contributed by atoms with Crippen LogP contribution in [0.4, 0.5) is 0 Å². The van der Waals surface area contributed by atoms with Crippen molar-refractivity contribution in [3.63, 3.8) is 0 Å². The van der Waals surface area contributed by atoms with Gasteiger partial charge in [-0.2, -0.15) is 0 Å². The average Bonchev–Trinajstić information content (AvgIpc) is 2.46. The van der Waals surface area contributed by atoms with Crippen LogP contribution >= 0.6 is 0 Å². The molecule has 0 heterocycles. The molecule has 0 spiro atoms. The van der Waals surface area contributed by atoms with Gasteiger partial charge in [-0.25, -0.2) is 0 Å². The fraction of sp³-hybridized carbons (Fsp3) is 0.294. The fourth-order valence-electron chi connectivity index (χ4n) is 2.05. The van der Waals surface area contributed by atoms with E-state index in [1.54, 1.807) is 14.0 Å². The molecule has 1 atom stereocenters. The van der Waals surface area contributed by atoms with Gasteiger partial charge in [0.05, 0.1) is 13.2 Å². The van der Waals surface area contributed by atoms with Crippen LogP contribution in [0.5, 0.6) is 11.5 Å². The molecule has 0 aliphatic carbocycles. The van der Waals surface area contributed by atoms with Crippen molar-refractivity contribution in [2.75, 3.05) is 7.11 Å². The minimum Gasteiger partial charge on any atom is -0.497 e. The maximum Gasteiger partial charge on any atom is 0.125 e. The minimum absolute atomic E-state index is 0.444. The van der Waals surface area contributed by atoms with Crippen LogP contribution < -0.4 is 9.47 Å². The summed E-state index contributed by atoms with van der Waals surface area (Å²) in [7, 11) is 1.64. The average molecular weight is 272 g/mol. The number of hydrogen-bond acceptors (Lipinski definition) is 3. The molecule has 3 heteroatoms. The van der Waals surface area contributed by atoms with E-state index in [9.17, 15) is 5.11 Å². The van der Waals surface area contributed by atoms with Gasteiger partial charge in [0.1, 0.15) is 18.1 Å². The summed E-state index contributed by atoms with van der Waals surface area (Å²) in [6.07, 6.45) is -0.546. The second kappa shape index (κ2) is 6.44. The van der Waals surface area contributed by atoms with Gasteiger partial charge >= 0.3 is 0 Å². The van der Waals surface area contributed by atoms with Crippen LogP contribution in [0, 0.1) is 6.92 Å². The van der Waals surface area contributed by atoms with E-state index in [-0.39, 0.29) is 0 Å². The molecule has 0 amide bonds. The molecular formula is C17H20O3. The second-order valence-corrected chi connectivity index (χ2v) is 4.86. The van der Waals surface area contributed by atoms with E-state index in [4.69, 9.17) is 9.47 Å². The quantitative estimate of drug-likeness (QED) is 0.903. The number of ether oxygens (including phenoxy) is 2. The van der Waals surface area contributed by atoms with Gasteiger partial charge in [0.25, 0.3) is 0 Å². The Labute approximate surface area is 119 Å². The smallest absolute Gasteiger partial charge is 0.125 e. The fourth-order valence-corrected chi connectivity index (χ4v) is 2.05. The number of benzene rings is 2. The van der Waals surface area contributed by atoms with Crippen molar-refractivity contribution in [1.29, 1.82) is 0 Å². The van der Waals surface area contributed by atoms with E-state index in [0.717, 1.165) is 22.4 Å². The molecule has 0 aliphatic heterocycles. The summed E-state index contributed by atoms with van der Waals surface area (Å²) >= 11 is 0. The Morgan fingerprint density at radius 2 is 1.95 bits per heavy atom. The molecule has 2 aromatic carbocycles. The largest absolute Gasteiger partial charge is 0.497 e. The Bertz CT molecular complexity index is 576. The van der Waals surface area contributed by atoms with Gasteiger partial charge in [0.2, 0.25) is 0 Å². The predicted octanol–water partition coefficient (Wildman–Crippen LogP) is 3.64. The van der Waals surface area contributed by atoms with E-state index >= 15 is 0 Å². The lowest BCUT2D eigenvalue weighted by Gasteiger charge is -2.14. The topological polar surface area (TPSA) is 38.7 Å². The molecular weight excluding hydrogens is 252 g/mol. The van der Waals surface area contributed by atoms with Gasteiger partial charge in [-0.05, 0) is 43.7 Å². The summed E-state index contributed by atoms with van der Waals surface area (Å²) in [6, 6.07) is 13.6. The van der Waals surface area contributed by atoms with Crippen molar-refractivity contribution in [3.8, 4) is 11.5 Å². The highest BCUT2D eigenvalue weighted by atomic mass is 16.5. The van der Waals surface area contributed by atoms with Gasteiger partial charge in [-0.1, -0.05) is 23.8 Å². The highest BCUT2D eigenvalue weighted by molar-refractivity contribution is 5.38. The van der Waals surface area contributed by atoms with Crippen LogP contribution in [-0.2, 0) is 6.61 Å². The van der Waals surface area contributed by atoms with Gasteiger partial charge in [-0.3, -0.25) is 0 Å². The number of aliphatic hydroxyl groups excluding tert-OH is 1. The second-order valence-electron chi connectivity index (χ2n) is 4.86. The summed E-state index contributed by atoms with van der Waals surface area (Å²) in [4.78, 5) is 0. The van der Waals surface area contributed by atoms with Crippen molar-refractivity contribution >= 4 is 0 Å². The Kier molecular flexibility index (Phi) is 4.64. The zero-order valence-electron chi connectivity index (χ0n) is 12.1. The predicted molar refractivity (Wildman–Crippen MR) is 79.1 cm³/mol. The van der Waals surface area contributed by atoms with Crippen molar-refractivity contribution < 1.29 is 14.6 Å². The van der Waals surface area contributed by atoms with Crippen LogP contribution in [0.3, 0.4) is 0 Å². The number of aryl methyl sites for hydroxylation is 1. The zero-order chi connectivity index (χ0) is 14.5. The number of hydrogen-bond donors (Lipinski definition) is 1. The molecule has 0 saturated carbocycles. The summed E-state index contributed by atoms with van der Waals surface area (Å²) in [6.45, 7) is 4.19. The van der Waals surface area contributed by atoms with E-state index in [1.807, 2.05) is 49.4 Å². The summed E-state index contributed by atoms with van der Waals surface area (Å²) in [5, 5.41) is 9.81. The Hall–Kier alpha value is -2.00. The van der Waals surface area contributed by atoms with Crippen molar-refractivity contribution in [1.82, 2.24) is 0 Å². The molecule has 106 valence electrons. The van der Waals surface area contributed by atoms with Crippen LogP contribution in [-0.4, -0.2) is 12.2 Å². The zero-order valence-corrected chi connectivity index (χ0v) is 12.1. The van der Waals surface area contributed by atoms with Gasteiger partial charge in [-0.15, -0.1) is 0 Å². The highest BCUT2D eigenvalue weighted by Crippen LogP contribution is 2.27. The first-order chi connectivity index (χ1) is 9.60. The summed E-state index contributed by atoms with van der Waals surface area (Å²) in [5.74, 6) is 1.53. The van der Waals surface area contributed by atoms with Gasteiger partial charge in [0.15, 0.2) is 0 Å². The van der Waals surface area contributed by atoms with Crippen LogP contribution in [0.15, 0.2) is 42.5 Å². The van der Waals surface area contributed by atoms with Crippen molar-refractivity contribution in [2.45, 2.75) is 26.6 Å². The first-order valence-corrected chi connectivity index (χ1v) is 6.64. The maximum absolute atomic E-state index is 9.81. The lowest BCUT2D eigenvalue weighted by molar-refractivity contribution is 0.190. The molecule has 0 fully saturated rings. The number of rotatable bonds is 5. The van der Waals surface area contributed by atoms with Gasteiger partial charge < -0.3 is 14.6 Å². The minimum atomic E-state index is -0.546. The number of aliphatic hydroxyl groups is 1. The van der Waals surface area contributed by atoms with E-state index in [2.05, 4.69) is 0 Å². The Morgan fingerprint density at radius 3 is 2.65 bits per heavy atom. The summed E-state index contributed by atoms with van der Waals surface area (Å²) in [5.41, 5.74) is 2.95. The van der Waals surface area contributed by atoms with Crippen LogP contribution in [0.25, 0.3) is 0 Å². The SMILES string of the molecule is COc1cccc(COc2ccc(C)cc2[C@@H](C)O)c1. The molecule has 2 rings (SSSR count). The third-order valence-electron chi connectivity index (χ3n) is 3.14. The lowest BCUT2D eigenvalue weighted by atomic mass is 10.1. The van der Waals surface area contributed by atoms with Gasteiger partial charge in [0, 0.05) is 5.56 Å². The normalized spacial score (nSPS) is 12.0. The Morgan fingerprint density at radius 1 is 1.15 bits per heavy atom. The molecule has 1 N–H and O–H groups in total. The number of methoxy groups -OCH3 is 1. The summed E-state index contributed by atoms with van der Waals surface area (Å²) < 4.78 is 11.0. The third kappa shape index (κ3) is 3.52. The van der Waals surface area contributed by atoms with Crippen LogP contribution in [0.1, 0.15) is 29.7 Å². The molecule has 0 aromatic heterocycles. The molecule has 20 heavy (non-hydrogen) atoms. The highest BCUT2D eigenvalue weighted by Gasteiger charge is 2.09. The first-order valence-electron chi connectivity index (χ1n) is 6.64. The van der Waals surface area contributed by atoms with Crippen LogP contribution in [0.2, 0.25) is 0 Å². The Balaban J connectivity index is 2.14. The van der Waals surface area contributed by atoms with E-state index in [0.29, 0.717) is 12.4 Å². The first kappa shape index (κ1) is 14.4. The standard InChI is InChI=1S/C17H20O3/c1-12-7-8-17(16(9-12)13(2)18)20-11-14-5-4-6-15(10-14)19-3/h4-10,13,18H,11H2,1-3H3/t13-/m1/s1. The maximum atomic E-state index is 9.81. The molecule has 0 saturated heterocycles. The molecule has 0 bridgehead atoms. The lowest BCUT2D eigenvalue weighted by Crippen LogP contribution is -2.01. The monoisotopic (exact) mass is 272 g/mol. The molecule has 0 unspecified atom stereocenters. The molecule has 0 aliphatic rings. The molecule has 3 nitrogen and oxygen atoms in total.